The van der Waals surface area contributed by atoms with E-state index in [1.807, 2.05) is 12.1 Å². The van der Waals surface area contributed by atoms with Crippen LogP contribution >= 0.6 is 11.6 Å². The van der Waals surface area contributed by atoms with Crippen LogP contribution in [0.15, 0.2) is 18.2 Å². The van der Waals surface area contributed by atoms with E-state index in [1.165, 1.54) is 0 Å². The molecule has 0 heterocycles. The number of carbonyl (C=O) groups excluding carboxylic acids is 1. The molecule has 100 valence electrons. The van der Waals surface area contributed by atoms with Crippen molar-refractivity contribution in [1.29, 1.82) is 0 Å². The summed E-state index contributed by atoms with van der Waals surface area (Å²) in [6, 6.07) is 5.90. The molecule has 18 heavy (non-hydrogen) atoms. The molecule has 0 fully saturated rings. The highest BCUT2D eigenvalue weighted by molar-refractivity contribution is 6.61. The van der Waals surface area contributed by atoms with Gasteiger partial charge in [-0.25, -0.2) is 4.79 Å². The van der Waals surface area contributed by atoms with Crippen LogP contribution in [-0.4, -0.2) is 5.43 Å². The van der Waals surface area contributed by atoms with Gasteiger partial charge in [0.1, 0.15) is 5.75 Å². The van der Waals surface area contributed by atoms with E-state index in [0.29, 0.717) is 5.75 Å². The van der Waals surface area contributed by atoms with E-state index in [-0.39, 0.29) is 10.8 Å². The van der Waals surface area contributed by atoms with Crippen LogP contribution in [0.5, 0.6) is 5.75 Å². The lowest BCUT2D eigenvalue weighted by atomic mass is 9.80. The number of benzene rings is 1. The average molecular weight is 269 g/mol. The monoisotopic (exact) mass is 268 g/mol. The van der Waals surface area contributed by atoms with Gasteiger partial charge in [-0.2, -0.15) is 0 Å². The van der Waals surface area contributed by atoms with Gasteiger partial charge < -0.3 is 4.74 Å². The molecule has 0 bridgehead atoms. The first kappa shape index (κ1) is 15.0. The van der Waals surface area contributed by atoms with Crippen LogP contribution in [0.1, 0.15) is 52.7 Å². The first-order valence-electron chi connectivity index (χ1n) is 6.03. The Kier molecular flexibility index (Phi) is 4.12. The summed E-state index contributed by atoms with van der Waals surface area (Å²) in [5.74, 6) is 0.507. The molecule has 2 nitrogen and oxygen atoms in total. The van der Waals surface area contributed by atoms with E-state index in [2.05, 4.69) is 47.6 Å². The Hall–Kier alpha value is -1.02. The van der Waals surface area contributed by atoms with Crippen molar-refractivity contribution in [1.82, 2.24) is 0 Å². The molecule has 0 aliphatic heterocycles. The molecule has 0 atom stereocenters. The minimum absolute atomic E-state index is 0.00523. The molecular formula is C15H21ClO2. The van der Waals surface area contributed by atoms with Crippen molar-refractivity contribution in [2.75, 3.05) is 0 Å². The molecular weight excluding hydrogens is 248 g/mol. The highest BCUT2D eigenvalue weighted by Gasteiger charge is 2.21. The maximum Gasteiger partial charge on any atom is 0.409 e. The van der Waals surface area contributed by atoms with Crippen LogP contribution in [0.25, 0.3) is 0 Å². The van der Waals surface area contributed by atoms with Gasteiger partial charge in [0.15, 0.2) is 0 Å². The fourth-order valence-corrected chi connectivity index (χ4v) is 1.71. The summed E-state index contributed by atoms with van der Waals surface area (Å²) in [5.41, 5.74) is 1.44. The Balaban J connectivity index is 3.34. The third kappa shape index (κ3) is 4.02. The van der Waals surface area contributed by atoms with Gasteiger partial charge in [0.2, 0.25) is 0 Å². The second-order valence-corrected chi connectivity index (χ2v) is 6.89. The maximum atomic E-state index is 10.9. The van der Waals surface area contributed by atoms with Gasteiger partial charge in [0, 0.05) is 11.6 Å². The topological polar surface area (TPSA) is 26.3 Å². The van der Waals surface area contributed by atoms with Crippen LogP contribution in [0.3, 0.4) is 0 Å². The summed E-state index contributed by atoms with van der Waals surface area (Å²) < 4.78 is 5.01. The van der Waals surface area contributed by atoms with Gasteiger partial charge >= 0.3 is 5.43 Å². The Morgan fingerprint density at radius 2 is 1.33 bits per heavy atom. The normalized spacial score (nSPS) is 12.4. The SMILES string of the molecule is CC(C)(C)c1cc(OC(=O)Cl)cc(C(C)(C)C)c1. The summed E-state index contributed by atoms with van der Waals surface area (Å²) in [4.78, 5) is 10.9. The van der Waals surface area contributed by atoms with E-state index in [9.17, 15) is 4.79 Å². The predicted molar refractivity (Wildman–Crippen MR) is 75.7 cm³/mol. The largest absolute Gasteiger partial charge is 0.414 e. The molecule has 0 aliphatic carbocycles. The lowest BCUT2D eigenvalue weighted by Crippen LogP contribution is -2.16. The molecule has 0 spiro atoms. The van der Waals surface area contributed by atoms with Gasteiger partial charge in [0.05, 0.1) is 0 Å². The highest BCUT2D eigenvalue weighted by Crippen LogP contribution is 2.33. The van der Waals surface area contributed by atoms with E-state index in [0.717, 1.165) is 11.1 Å². The fraction of sp³-hybridized carbons (Fsp3) is 0.533. The molecule has 0 N–H and O–H groups in total. The number of carbonyl (C=O) groups is 1. The number of halogens is 1. The number of hydrogen-bond acceptors (Lipinski definition) is 2. The fourth-order valence-electron chi connectivity index (χ4n) is 1.62. The van der Waals surface area contributed by atoms with Crippen LogP contribution in [0, 0.1) is 0 Å². The minimum Gasteiger partial charge on any atom is -0.414 e. The van der Waals surface area contributed by atoms with Crippen LogP contribution in [0.4, 0.5) is 4.79 Å². The van der Waals surface area contributed by atoms with Crippen molar-refractivity contribution in [3.63, 3.8) is 0 Å². The number of hydrogen-bond donors (Lipinski definition) is 0. The molecule has 0 saturated carbocycles. The van der Waals surface area contributed by atoms with Crippen molar-refractivity contribution in [3.8, 4) is 5.75 Å². The Morgan fingerprint density at radius 1 is 0.944 bits per heavy atom. The molecule has 0 amide bonds. The van der Waals surface area contributed by atoms with Gasteiger partial charge in [-0.3, -0.25) is 0 Å². The van der Waals surface area contributed by atoms with Crippen molar-refractivity contribution in [2.24, 2.45) is 0 Å². The van der Waals surface area contributed by atoms with Gasteiger partial charge in [-0.15, -0.1) is 0 Å². The maximum absolute atomic E-state index is 10.9. The lowest BCUT2D eigenvalue weighted by Gasteiger charge is -2.25. The predicted octanol–water partition coefficient (Wildman–Crippen LogP) is 5.02. The standard InChI is InChI=1S/C15H21ClO2/c1-14(2,3)10-7-11(15(4,5)6)9-12(8-10)18-13(16)17/h7-9H,1-6H3. The zero-order chi connectivity index (χ0) is 14.1. The van der Waals surface area contributed by atoms with E-state index >= 15 is 0 Å². The van der Waals surface area contributed by atoms with Gasteiger partial charge in [0.25, 0.3) is 0 Å². The molecule has 1 aromatic rings. The van der Waals surface area contributed by atoms with Crippen molar-refractivity contribution in [3.05, 3.63) is 29.3 Å². The average Bonchev–Trinajstić information content (AvgIpc) is 2.13. The highest BCUT2D eigenvalue weighted by atomic mass is 35.5. The zero-order valence-electron chi connectivity index (χ0n) is 11.9. The summed E-state index contributed by atoms with van der Waals surface area (Å²) in [5, 5.41) is 0. The van der Waals surface area contributed by atoms with Gasteiger partial charge in [-0.05, 0) is 34.1 Å². The summed E-state index contributed by atoms with van der Waals surface area (Å²) in [7, 11) is 0. The molecule has 1 aromatic carbocycles. The molecule has 3 heteroatoms. The second-order valence-electron chi connectivity index (χ2n) is 6.59. The van der Waals surface area contributed by atoms with Crippen LogP contribution < -0.4 is 4.74 Å². The summed E-state index contributed by atoms with van der Waals surface area (Å²) in [6.45, 7) is 12.8. The van der Waals surface area contributed by atoms with Crippen LogP contribution in [-0.2, 0) is 10.8 Å². The first-order valence-corrected chi connectivity index (χ1v) is 6.41. The summed E-state index contributed by atoms with van der Waals surface area (Å²) >= 11 is 5.28. The molecule has 0 radical (unpaired) electrons. The summed E-state index contributed by atoms with van der Waals surface area (Å²) in [6.07, 6.45) is 0. The van der Waals surface area contributed by atoms with E-state index < -0.39 is 5.43 Å². The minimum atomic E-state index is -0.805. The van der Waals surface area contributed by atoms with Crippen molar-refractivity contribution < 1.29 is 9.53 Å². The Labute approximate surface area is 114 Å². The van der Waals surface area contributed by atoms with E-state index in [1.54, 1.807) is 0 Å². The molecule has 0 aromatic heterocycles. The lowest BCUT2D eigenvalue weighted by molar-refractivity contribution is 0.225. The third-order valence-electron chi connectivity index (χ3n) is 2.84. The molecule has 1 rings (SSSR count). The Morgan fingerprint density at radius 3 is 1.61 bits per heavy atom. The Bertz CT molecular complexity index is 418. The molecule has 0 unspecified atom stereocenters. The molecule has 0 aliphatic rings. The van der Waals surface area contributed by atoms with Gasteiger partial charge in [-0.1, -0.05) is 47.6 Å². The van der Waals surface area contributed by atoms with Crippen molar-refractivity contribution in [2.45, 2.75) is 52.4 Å². The third-order valence-corrected chi connectivity index (χ3v) is 2.91. The zero-order valence-corrected chi connectivity index (χ0v) is 12.7. The van der Waals surface area contributed by atoms with Crippen molar-refractivity contribution >= 4 is 17.0 Å². The first-order chi connectivity index (χ1) is 8.00. The van der Waals surface area contributed by atoms with E-state index in [4.69, 9.17) is 16.3 Å². The number of ether oxygens (including phenoxy) is 1. The number of rotatable bonds is 1. The second kappa shape index (κ2) is 4.93. The smallest absolute Gasteiger partial charge is 0.409 e. The molecule has 0 saturated heterocycles. The quantitative estimate of drug-likeness (QED) is 0.669. The van der Waals surface area contributed by atoms with Crippen LogP contribution in [0.2, 0.25) is 0 Å².